The van der Waals surface area contributed by atoms with Crippen molar-refractivity contribution in [2.75, 3.05) is 0 Å². The van der Waals surface area contributed by atoms with Gasteiger partial charge < -0.3 is 0 Å². The van der Waals surface area contributed by atoms with E-state index in [1.165, 1.54) is 42.4 Å². The van der Waals surface area contributed by atoms with Gasteiger partial charge in [-0.3, -0.25) is 4.98 Å². The molecule has 1 aromatic heterocycles. The van der Waals surface area contributed by atoms with Gasteiger partial charge in [0.2, 0.25) is 0 Å². The Balaban J connectivity index is 2.04. The molecule has 1 heterocycles. The second-order valence-corrected chi connectivity index (χ2v) is 5.47. The average molecular weight is 288 g/mol. The molecule has 1 aliphatic carbocycles. The van der Waals surface area contributed by atoms with Crippen LogP contribution in [0, 0.1) is 0 Å². The van der Waals surface area contributed by atoms with Crippen LogP contribution >= 0.6 is 15.9 Å². The molecule has 0 unspecified atom stereocenters. The van der Waals surface area contributed by atoms with Crippen molar-refractivity contribution in [2.24, 2.45) is 0 Å². The number of pyridine rings is 1. The van der Waals surface area contributed by atoms with Gasteiger partial charge in [0.15, 0.2) is 0 Å². The first-order chi connectivity index (χ1) is 8.33. The fourth-order valence-electron chi connectivity index (χ4n) is 2.42. The van der Waals surface area contributed by atoms with E-state index in [2.05, 4.69) is 51.4 Å². The first-order valence-electron chi connectivity index (χ1n) is 6.07. The van der Waals surface area contributed by atoms with Crippen molar-refractivity contribution in [3.63, 3.8) is 0 Å². The number of halogens is 1. The second-order valence-electron chi connectivity index (χ2n) is 4.56. The van der Waals surface area contributed by atoms with Gasteiger partial charge in [-0.25, -0.2) is 0 Å². The number of benzene rings is 1. The van der Waals surface area contributed by atoms with Crippen molar-refractivity contribution in [1.82, 2.24) is 4.98 Å². The molecule has 2 aromatic rings. The van der Waals surface area contributed by atoms with Gasteiger partial charge in [0, 0.05) is 16.2 Å². The zero-order chi connectivity index (χ0) is 11.7. The summed E-state index contributed by atoms with van der Waals surface area (Å²) in [4.78, 5) is 4.58. The first kappa shape index (κ1) is 11.0. The maximum Gasteiger partial charge on any atom is 0.0705 e. The predicted molar refractivity (Wildman–Crippen MR) is 74.0 cm³/mol. The van der Waals surface area contributed by atoms with Crippen molar-refractivity contribution >= 4 is 15.9 Å². The Morgan fingerprint density at radius 2 is 1.82 bits per heavy atom. The summed E-state index contributed by atoms with van der Waals surface area (Å²) in [6.07, 6.45) is 7.09. The number of hydrogen-bond donors (Lipinski definition) is 0. The first-order valence-corrected chi connectivity index (χ1v) is 6.86. The molecule has 0 saturated carbocycles. The monoisotopic (exact) mass is 287 g/mol. The minimum atomic E-state index is 1.09. The quantitative estimate of drug-likeness (QED) is 0.758. The summed E-state index contributed by atoms with van der Waals surface area (Å²) < 4.78 is 1.11. The molecule has 1 aliphatic rings. The van der Waals surface area contributed by atoms with Crippen molar-refractivity contribution in [1.29, 1.82) is 0 Å². The molecule has 0 fully saturated rings. The molecule has 1 nitrogen and oxygen atoms in total. The van der Waals surface area contributed by atoms with E-state index in [0.29, 0.717) is 0 Å². The number of aryl methyl sites for hydroxylation is 2. The standard InChI is InChI=1S/C15H14BrN/c16-14-7-3-6-12(8-14)15-9-11-4-1-2-5-13(11)10-17-15/h3,6-10H,1-2,4-5H2. The second kappa shape index (κ2) is 4.61. The molecule has 0 bridgehead atoms. The highest BCUT2D eigenvalue weighted by Crippen LogP contribution is 2.26. The molecule has 86 valence electrons. The van der Waals surface area contributed by atoms with Gasteiger partial charge >= 0.3 is 0 Å². The highest BCUT2D eigenvalue weighted by molar-refractivity contribution is 9.10. The summed E-state index contributed by atoms with van der Waals surface area (Å²) in [6.45, 7) is 0. The normalized spacial score (nSPS) is 14.4. The number of aromatic nitrogens is 1. The summed E-state index contributed by atoms with van der Waals surface area (Å²) in [7, 11) is 0. The Hall–Kier alpha value is -1.15. The summed E-state index contributed by atoms with van der Waals surface area (Å²) in [5.41, 5.74) is 5.20. The third kappa shape index (κ3) is 2.27. The number of fused-ring (bicyclic) bond motifs is 1. The third-order valence-electron chi connectivity index (χ3n) is 3.35. The van der Waals surface area contributed by atoms with Crippen LogP contribution in [0.1, 0.15) is 24.0 Å². The Morgan fingerprint density at radius 3 is 2.65 bits per heavy atom. The molecular formula is C15H14BrN. The van der Waals surface area contributed by atoms with E-state index in [1.54, 1.807) is 0 Å². The highest BCUT2D eigenvalue weighted by Gasteiger charge is 2.11. The van der Waals surface area contributed by atoms with Crippen LogP contribution in [0.3, 0.4) is 0 Å². The number of rotatable bonds is 1. The lowest BCUT2D eigenvalue weighted by atomic mass is 9.92. The molecule has 17 heavy (non-hydrogen) atoms. The van der Waals surface area contributed by atoms with Crippen LogP contribution in [0.4, 0.5) is 0 Å². The van der Waals surface area contributed by atoms with Gasteiger partial charge in [-0.2, -0.15) is 0 Å². The molecule has 0 radical (unpaired) electrons. The Bertz CT molecular complexity index is 548. The van der Waals surface area contributed by atoms with E-state index < -0.39 is 0 Å². The van der Waals surface area contributed by atoms with Gasteiger partial charge in [0.05, 0.1) is 5.69 Å². The Labute approximate surface area is 110 Å². The fourth-order valence-corrected chi connectivity index (χ4v) is 2.82. The largest absolute Gasteiger partial charge is 0.256 e. The molecule has 0 spiro atoms. The molecule has 2 heteroatoms. The molecule has 0 aliphatic heterocycles. The average Bonchev–Trinajstić information content (AvgIpc) is 2.38. The van der Waals surface area contributed by atoms with E-state index in [-0.39, 0.29) is 0 Å². The molecule has 1 aromatic carbocycles. The lowest BCUT2D eigenvalue weighted by Crippen LogP contribution is -2.03. The molecule has 0 saturated heterocycles. The summed E-state index contributed by atoms with van der Waals surface area (Å²) >= 11 is 3.51. The zero-order valence-electron chi connectivity index (χ0n) is 9.62. The molecule has 0 N–H and O–H groups in total. The molecule has 3 rings (SSSR count). The predicted octanol–water partition coefficient (Wildman–Crippen LogP) is 4.39. The van der Waals surface area contributed by atoms with E-state index in [0.717, 1.165) is 10.2 Å². The van der Waals surface area contributed by atoms with E-state index in [1.807, 2.05) is 6.07 Å². The maximum absolute atomic E-state index is 4.58. The zero-order valence-corrected chi connectivity index (χ0v) is 11.2. The van der Waals surface area contributed by atoms with Crippen LogP contribution in [0.2, 0.25) is 0 Å². The van der Waals surface area contributed by atoms with Crippen LogP contribution in [-0.2, 0) is 12.8 Å². The highest BCUT2D eigenvalue weighted by atomic mass is 79.9. The van der Waals surface area contributed by atoms with Crippen LogP contribution in [0.5, 0.6) is 0 Å². The topological polar surface area (TPSA) is 12.9 Å². The van der Waals surface area contributed by atoms with Crippen molar-refractivity contribution in [2.45, 2.75) is 25.7 Å². The summed E-state index contributed by atoms with van der Waals surface area (Å²) in [6, 6.07) is 10.6. The lowest BCUT2D eigenvalue weighted by Gasteiger charge is -2.15. The van der Waals surface area contributed by atoms with Gasteiger partial charge in [-0.15, -0.1) is 0 Å². The van der Waals surface area contributed by atoms with Crippen LogP contribution in [0.25, 0.3) is 11.3 Å². The van der Waals surface area contributed by atoms with Crippen molar-refractivity contribution in [3.05, 3.63) is 52.1 Å². The van der Waals surface area contributed by atoms with Gasteiger partial charge in [-0.1, -0.05) is 28.1 Å². The number of nitrogens with zero attached hydrogens (tertiary/aromatic N) is 1. The molecule has 0 atom stereocenters. The van der Waals surface area contributed by atoms with Crippen LogP contribution in [-0.4, -0.2) is 4.98 Å². The lowest BCUT2D eigenvalue weighted by molar-refractivity contribution is 0.682. The SMILES string of the molecule is Brc1cccc(-c2cc3c(cn2)CCCC3)c1. The van der Waals surface area contributed by atoms with E-state index >= 15 is 0 Å². The minimum Gasteiger partial charge on any atom is -0.256 e. The van der Waals surface area contributed by atoms with Gasteiger partial charge in [0.25, 0.3) is 0 Å². The maximum atomic E-state index is 4.58. The molecule has 0 amide bonds. The van der Waals surface area contributed by atoms with Crippen LogP contribution < -0.4 is 0 Å². The number of hydrogen-bond acceptors (Lipinski definition) is 1. The van der Waals surface area contributed by atoms with E-state index in [9.17, 15) is 0 Å². The Kier molecular flexibility index (Phi) is 2.98. The molecular weight excluding hydrogens is 274 g/mol. The van der Waals surface area contributed by atoms with Gasteiger partial charge in [0.1, 0.15) is 0 Å². The van der Waals surface area contributed by atoms with Crippen LogP contribution in [0.15, 0.2) is 41.0 Å². The minimum absolute atomic E-state index is 1.09. The van der Waals surface area contributed by atoms with Gasteiger partial charge in [-0.05, 0) is 55.0 Å². The van der Waals surface area contributed by atoms with Crippen molar-refractivity contribution in [3.8, 4) is 11.3 Å². The Morgan fingerprint density at radius 1 is 1.00 bits per heavy atom. The summed E-state index contributed by atoms with van der Waals surface area (Å²) in [5.74, 6) is 0. The third-order valence-corrected chi connectivity index (χ3v) is 3.84. The summed E-state index contributed by atoms with van der Waals surface area (Å²) in [5, 5.41) is 0. The van der Waals surface area contributed by atoms with E-state index in [4.69, 9.17) is 0 Å². The smallest absolute Gasteiger partial charge is 0.0705 e. The van der Waals surface area contributed by atoms with Crippen molar-refractivity contribution < 1.29 is 0 Å². The fraction of sp³-hybridized carbons (Fsp3) is 0.267.